The maximum Gasteiger partial charge on any atom is 0.269 e. The van der Waals surface area contributed by atoms with Crippen LogP contribution in [-0.2, 0) is 10.0 Å². The predicted octanol–water partition coefficient (Wildman–Crippen LogP) is 3.97. The molecule has 0 bridgehead atoms. The van der Waals surface area contributed by atoms with Gasteiger partial charge in [-0.1, -0.05) is 23.8 Å². The van der Waals surface area contributed by atoms with Gasteiger partial charge in [0.2, 0.25) is 0 Å². The largest absolute Gasteiger partial charge is 0.396 e. The molecule has 2 aromatic carbocycles. The van der Waals surface area contributed by atoms with Crippen LogP contribution in [0.3, 0.4) is 0 Å². The van der Waals surface area contributed by atoms with Crippen molar-refractivity contribution in [2.45, 2.75) is 11.8 Å². The van der Waals surface area contributed by atoms with Gasteiger partial charge < -0.3 is 5.73 Å². The molecule has 0 saturated heterocycles. The molecule has 0 amide bonds. The van der Waals surface area contributed by atoms with Crippen LogP contribution in [0.4, 0.5) is 10.1 Å². The van der Waals surface area contributed by atoms with Crippen molar-refractivity contribution in [2.24, 2.45) is 0 Å². The zero-order valence-corrected chi connectivity index (χ0v) is 15.2. The summed E-state index contributed by atoms with van der Waals surface area (Å²) >= 11 is 0. The molecule has 2 N–H and O–H groups in total. The number of rotatable bonds is 3. The number of halogens is 1. The Hall–Kier alpha value is -3.19. The summed E-state index contributed by atoms with van der Waals surface area (Å²) in [6.07, 6.45) is 2.97. The molecule has 0 aliphatic heterocycles. The van der Waals surface area contributed by atoms with Crippen molar-refractivity contribution < 1.29 is 12.8 Å². The van der Waals surface area contributed by atoms with Crippen molar-refractivity contribution in [3.8, 4) is 11.1 Å². The first-order valence-electron chi connectivity index (χ1n) is 8.21. The number of hydrogen-bond donors (Lipinski definition) is 1. The van der Waals surface area contributed by atoms with E-state index in [1.165, 1.54) is 24.5 Å². The van der Waals surface area contributed by atoms with Gasteiger partial charge in [-0.3, -0.25) is 0 Å². The van der Waals surface area contributed by atoms with Crippen LogP contribution in [0.5, 0.6) is 0 Å². The summed E-state index contributed by atoms with van der Waals surface area (Å²) in [6, 6.07) is 14.5. The molecule has 0 aliphatic rings. The Balaban J connectivity index is 1.90. The van der Waals surface area contributed by atoms with Crippen molar-refractivity contribution >= 4 is 26.7 Å². The maximum absolute atomic E-state index is 13.9. The van der Waals surface area contributed by atoms with Gasteiger partial charge in [0.25, 0.3) is 10.0 Å². The molecule has 7 heteroatoms. The van der Waals surface area contributed by atoms with Gasteiger partial charge in [0, 0.05) is 17.8 Å². The number of fused-ring (bicyclic) bond motifs is 1. The summed E-state index contributed by atoms with van der Waals surface area (Å²) in [5.74, 6) is -0.524. The van der Waals surface area contributed by atoms with Crippen LogP contribution in [-0.4, -0.2) is 17.4 Å². The second-order valence-corrected chi connectivity index (χ2v) is 8.08. The minimum absolute atomic E-state index is 0.0589. The number of nitrogens with zero attached hydrogens (tertiary/aromatic N) is 2. The number of hydrogen-bond acceptors (Lipinski definition) is 4. The highest BCUT2D eigenvalue weighted by Crippen LogP contribution is 2.31. The predicted molar refractivity (Wildman–Crippen MR) is 103 cm³/mol. The molecule has 0 unspecified atom stereocenters. The Morgan fingerprint density at radius 1 is 1.04 bits per heavy atom. The summed E-state index contributed by atoms with van der Waals surface area (Å²) in [5.41, 5.74) is 8.13. The van der Waals surface area contributed by atoms with Crippen LogP contribution in [0.2, 0.25) is 0 Å². The average molecular weight is 381 g/mol. The van der Waals surface area contributed by atoms with Crippen LogP contribution in [0.15, 0.2) is 71.9 Å². The van der Waals surface area contributed by atoms with E-state index in [1.54, 1.807) is 42.5 Å². The monoisotopic (exact) mass is 381 g/mol. The lowest BCUT2D eigenvalue weighted by Gasteiger charge is -2.09. The smallest absolute Gasteiger partial charge is 0.269 e. The van der Waals surface area contributed by atoms with Gasteiger partial charge in [-0.05, 0) is 54.4 Å². The van der Waals surface area contributed by atoms with Crippen LogP contribution in [0, 0.1) is 12.7 Å². The number of benzene rings is 2. The Morgan fingerprint density at radius 3 is 2.48 bits per heavy atom. The highest BCUT2D eigenvalue weighted by atomic mass is 32.2. The third kappa shape index (κ3) is 2.86. The average Bonchev–Trinajstić information content (AvgIpc) is 3.09. The van der Waals surface area contributed by atoms with E-state index in [9.17, 15) is 12.8 Å². The fraction of sp³-hybridized carbons (Fsp3) is 0.0500. The van der Waals surface area contributed by atoms with Gasteiger partial charge in [0.15, 0.2) is 5.65 Å². The van der Waals surface area contributed by atoms with Crippen LogP contribution in [0.1, 0.15) is 5.56 Å². The summed E-state index contributed by atoms with van der Waals surface area (Å²) in [4.78, 5) is 4.42. The quantitative estimate of drug-likeness (QED) is 0.545. The first-order valence-corrected chi connectivity index (χ1v) is 9.65. The SMILES string of the molecule is Cc1ccc(S(=O)(=O)n2ccc3c(-c4ccc(N)c(F)c4)ccnc32)cc1. The van der Waals surface area contributed by atoms with E-state index in [4.69, 9.17) is 5.73 Å². The van der Waals surface area contributed by atoms with Crippen LogP contribution >= 0.6 is 0 Å². The number of nitrogens with two attached hydrogens (primary N) is 1. The van der Waals surface area contributed by atoms with E-state index in [0.717, 1.165) is 9.54 Å². The standard InChI is InChI=1S/C20H16FN3O2S/c1-13-2-5-15(6-3-13)27(25,26)24-11-9-17-16(8-10-23-20(17)24)14-4-7-19(22)18(21)12-14/h2-12H,22H2,1H3. The van der Waals surface area contributed by atoms with Crippen LogP contribution < -0.4 is 5.73 Å². The molecule has 0 spiro atoms. The lowest BCUT2D eigenvalue weighted by Crippen LogP contribution is -2.12. The molecule has 5 nitrogen and oxygen atoms in total. The summed E-state index contributed by atoms with van der Waals surface area (Å²) < 4.78 is 41.0. The normalized spacial score (nSPS) is 11.8. The topological polar surface area (TPSA) is 78.0 Å². The lowest BCUT2D eigenvalue weighted by molar-refractivity contribution is 0.588. The Labute approximate surface area is 155 Å². The number of pyridine rings is 1. The summed E-state index contributed by atoms with van der Waals surface area (Å²) in [5, 5.41) is 0.609. The molecule has 136 valence electrons. The number of aromatic nitrogens is 2. The van der Waals surface area contributed by atoms with Gasteiger partial charge in [-0.2, -0.15) is 0 Å². The lowest BCUT2D eigenvalue weighted by atomic mass is 10.0. The fourth-order valence-corrected chi connectivity index (χ4v) is 4.28. The summed E-state index contributed by atoms with van der Waals surface area (Å²) in [7, 11) is -3.79. The third-order valence-electron chi connectivity index (χ3n) is 4.44. The van der Waals surface area contributed by atoms with E-state index in [-0.39, 0.29) is 16.2 Å². The van der Waals surface area contributed by atoms with Crippen molar-refractivity contribution in [3.05, 3.63) is 78.4 Å². The van der Waals surface area contributed by atoms with Crippen molar-refractivity contribution in [1.82, 2.24) is 8.96 Å². The minimum Gasteiger partial charge on any atom is -0.396 e. The molecule has 0 aliphatic carbocycles. The molecule has 0 saturated carbocycles. The number of aryl methyl sites for hydroxylation is 1. The van der Waals surface area contributed by atoms with Gasteiger partial charge in [0.05, 0.1) is 10.6 Å². The van der Waals surface area contributed by atoms with E-state index in [0.29, 0.717) is 16.5 Å². The zero-order valence-electron chi connectivity index (χ0n) is 14.4. The van der Waals surface area contributed by atoms with Crippen molar-refractivity contribution in [3.63, 3.8) is 0 Å². The first kappa shape index (κ1) is 17.2. The molecule has 2 heterocycles. The number of anilines is 1. The van der Waals surface area contributed by atoms with E-state index in [2.05, 4.69) is 4.98 Å². The molecule has 0 radical (unpaired) electrons. The first-order chi connectivity index (χ1) is 12.9. The molecule has 4 aromatic rings. The highest BCUT2D eigenvalue weighted by Gasteiger charge is 2.21. The minimum atomic E-state index is -3.79. The van der Waals surface area contributed by atoms with Crippen LogP contribution in [0.25, 0.3) is 22.2 Å². The Bertz CT molecular complexity index is 1260. The molecular formula is C20H16FN3O2S. The van der Waals surface area contributed by atoms with Gasteiger partial charge in [0.1, 0.15) is 5.82 Å². The maximum atomic E-state index is 13.9. The second-order valence-electron chi connectivity index (χ2n) is 6.26. The van der Waals surface area contributed by atoms with Gasteiger partial charge in [-0.15, -0.1) is 0 Å². The van der Waals surface area contributed by atoms with Crippen molar-refractivity contribution in [2.75, 3.05) is 5.73 Å². The Morgan fingerprint density at radius 2 is 1.78 bits per heavy atom. The fourth-order valence-electron chi connectivity index (χ4n) is 2.98. The summed E-state index contributed by atoms with van der Waals surface area (Å²) in [6.45, 7) is 1.89. The van der Waals surface area contributed by atoms with E-state index < -0.39 is 15.8 Å². The highest BCUT2D eigenvalue weighted by molar-refractivity contribution is 7.90. The third-order valence-corrected chi connectivity index (χ3v) is 6.12. The molecule has 2 aromatic heterocycles. The van der Waals surface area contributed by atoms with Gasteiger partial charge >= 0.3 is 0 Å². The molecule has 27 heavy (non-hydrogen) atoms. The second kappa shape index (κ2) is 6.21. The van der Waals surface area contributed by atoms with Gasteiger partial charge in [-0.25, -0.2) is 21.8 Å². The zero-order chi connectivity index (χ0) is 19.2. The molecule has 0 fully saturated rings. The Kier molecular flexibility index (Phi) is 3.96. The van der Waals surface area contributed by atoms with E-state index >= 15 is 0 Å². The van der Waals surface area contributed by atoms with E-state index in [1.807, 2.05) is 6.92 Å². The molecular weight excluding hydrogens is 365 g/mol. The molecule has 0 atom stereocenters. The van der Waals surface area contributed by atoms with Crippen molar-refractivity contribution in [1.29, 1.82) is 0 Å². The number of nitrogen functional groups attached to an aromatic ring is 1. The molecule has 4 rings (SSSR count).